The quantitative estimate of drug-likeness (QED) is 0.718. The number of benzene rings is 1. The maximum Gasteiger partial charge on any atom is 0.239 e. The molecule has 0 bridgehead atoms. The molecule has 136 valence electrons. The van der Waals surface area contributed by atoms with Crippen molar-refractivity contribution in [1.29, 1.82) is 0 Å². The smallest absolute Gasteiger partial charge is 0.239 e. The summed E-state index contributed by atoms with van der Waals surface area (Å²) >= 11 is 0. The number of anilines is 1. The van der Waals surface area contributed by atoms with Gasteiger partial charge in [-0.2, -0.15) is 0 Å². The summed E-state index contributed by atoms with van der Waals surface area (Å²) in [4.78, 5) is 8.79. The Morgan fingerprint density at radius 3 is 2.50 bits per heavy atom. The molecule has 0 amide bonds. The highest BCUT2D eigenvalue weighted by Crippen LogP contribution is 2.31. The average Bonchev–Trinajstić information content (AvgIpc) is 3.01. The first-order valence-corrected chi connectivity index (χ1v) is 9.64. The third-order valence-electron chi connectivity index (χ3n) is 4.11. The predicted octanol–water partition coefficient (Wildman–Crippen LogP) is 2.61. The molecule has 0 aliphatic heterocycles. The molecule has 2 heterocycles. The van der Waals surface area contributed by atoms with Gasteiger partial charge in [-0.1, -0.05) is 30.3 Å². The van der Waals surface area contributed by atoms with Crippen LogP contribution >= 0.6 is 0 Å². The second-order valence-corrected chi connectivity index (χ2v) is 7.74. The van der Waals surface area contributed by atoms with E-state index in [0.29, 0.717) is 22.8 Å². The molecular formula is C18H21N5O2S. The fourth-order valence-corrected chi connectivity index (χ4v) is 3.50. The zero-order chi connectivity index (χ0) is 18.9. The first kappa shape index (κ1) is 18.1. The van der Waals surface area contributed by atoms with E-state index in [-0.39, 0.29) is 10.9 Å². The van der Waals surface area contributed by atoms with Crippen molar-refractivity contribution in [3.8, 4) is 11.3 Å². The molecule has 1 aromatic carbocycles. The van der Waals surface area contributed by atoms with Gasteiger partial charge in [0.15, 0.2) is 0 Å². The third kappa shape index (κ3) is 3.76. The number of hydrogen-bond acceptors (Lipinski definition) is 5. The van der Waals surface area contributed by atoms with E-state index < -0.39 is 10.0 Å². The Morgan fingerprint density at radius 2 is 1.92 bits per heavy atom. The molecule has 26 heavy (non-hydrogen) atoms. The third-order valence-corrected chi connectivity index (χ3v) is 5.13. The van der Waals surface area contributed by atoms with Gasteiger partial charge in [-0.05, 0) is 25.5 Å². The summed E-state index contributed by atoms with van der Waals surface area (Å²) in [6.07, 6.45) is 3.45. The molecular weight excluding hydrogens is 350 g/mol. The molecule has 3 aromatic rings. The first-order valence-electron chi connectivity index (χ1n) is 8.10. The Morgan fingerprint density at radius 1 is 1.23 bits per heavy atom. The van der Waals surface area contributed by atoms with Crippen LogP contribution < -0.4 is 10.5 Å². The summed E-state index contributed by atoms with van der Waals surface area (Å²) in [6.45, 7) is 3.64. The Kier molecular flexibility index (Phi) is 4.80. The molecule has 7 nitrogen and oxygen atoms in total. The zero-order valence-electron chi connectivity index (χ0n) is 14.8. The molecule has 0 fully saturated rings. The maximum atomic E-state index is 11.9. The number of primary sulfonamides is 1. The molecule has 2 aromatic heterocycles. The number of sulfonamides is 1. The van der Waals surface area contributed by atoms with Gasteiger partial charge in [-0.25, -0.2) is 23.5 Å². The van der Waals surface area contributed by atoms with Crippen molar-refractivity contribution in [1.82, 2.24) is 14.5 Å². The number of hydrogen-bond donors (Lipinski definition) is 2. The van der Waals surface area contributed by atoms with Crippen molar-refractivity contribution in [3.05, 3.63) is 60.2 Å². The van der Waals surface area contributed by atoms with Crippen LogP contribution in [0.2, 0.25) is 0 Å². The lowest BCUT2D eigenvalue weighted by Gasteiger charge is -2.18. The summed E-state index contributed by atoms with van der Waals surface area (Å²) in [7, 11) is -2.03. The molecule has 3 rings (SSSR count). The van der Waals surface area contributed by atoms with Crippen molar-refractivity contribution in [2.24, 2.45) is 12.2 Å². The summed E-state index contributed by atoms with van der Waals surface area (Å²) in [5.41, 5.74) is 2.64. The number of nitrogens with one attached hydrogen (secondary N) is 1. The molecule has 0 saturated carbocycles. The summed E-state index contributed by atoms with van der Waals surface area (Å²) in [6, 6.07) is 11.4. The van der Waals surface area contributed by atoms with Crippen LogP contribution in [-0.4, -0.2) is 23.0 Å². The highest BCUT2D eigenvalue weighted by atomic mass is 32.2. The van der Waals surface area contributed by atoms with Crippen LogP contribution in [-0.2, 0) is 17.1 Å². The molecule has 0 aliphatic rings. The molecule has 0 spiro atoms. The van der Waals surface area contributed by atoms with Crippen molar-refractivity contribution in [2.75, 3.05) is 5.32 Å². The number of pyridine rings is 1. The fourth-order valence-electron chi connectivity index (χ4n) is 2.76. The van der Waals surface area contributed by atoms with Crippen LogP contribution in [0.1, 0.15) is 24.2 Å². The van der Waals surface area contributed by atoms with Gasteiger partial charge in [0, 0.05) is 24.8 Å². The number of rotatable bonds is 5. The van der Waals surface area contributed by atoms with Crippen molar-refractivity contribution in [2.45, 2.75) is 24.8 Å². The molecule has 1 atom stereocenters. The molecule has 0 unspecified atom stereocenters. The summed E-state index contributed by atoms with van der Waals surface area (Å²) in [5.74, 6) is 0.560. The maximum absolute atomic E-state index is 11.9. The van der Waals surface area contributed by atoms with Gasteiger partial charge in [0.1, 0.15) is 10.7 Å². The Bertz CT molecular complexity index is 1030. The fraction of sp³-hybridized carbons (Fsp3) is 0.222. The monoisotopic (exact) mass is 371 g/mol. The van der Waals surface area contributed by atoms with Gasteiger partial charge in [-0.3, -0.25) is 0 Å². The van der Waals surface area contributed by atoms with Crippen LogP contribution in [0.15, 0.2) is 53.8 Å². The molecule has 0 radical (unpaired) electrons. The van der Waals surface area contributed by atoms with Gasteiger partial charge >= 0.3 is 0 Å². The van der Waals surface area contributed by atoms with E-state index in [1.165, 1.54) is 6.07 Å². The molecule has 0 saturated heterocycles. The van der Waals surface area contributed by atoms with Crippen molar-refractivity contribution < 1.29 is 8.42 Å². The number of aryl methyl sites for hydroxylation is 2. The van der Waals surface area contributed by atoms with Crippen LogP contribution in [0, 0.1) is 6.92 Å². The minimum absolute atomic E-state index is 0.00364. The van der Waals surface area contributed by atoms with Gasteiger partial charge < -0.3 is 9.88 Å². The molecule has 8 heteroatoms. The highest BCUT2D eigenvalue weighted by Gasteiger charge is 2.20. The second kappa shape index (κ2) is 6.89. The van der Waals surface area contributed by atoms with Gasteiger partial charge in [0.05, 0.1) is 17.7 Å². The largest absolute Gasteiger partial charge is 0.363 e. The van der Waals surface area contributed by atoms with E-state index in [1.807, 2.05) is 44.3 Å². The second-order valence-electron chi connectivity index (χ2n) is 6.21. The highest BCUT2D eigenvalue weighted by molar-refractivity contribution is 7.89. The Hall–Kier alpha value is -2.71. The van der Waals surface area contributed by atoms with E-state index in [0.717, 1.165) is 5.56 Å². The lowest BCUT2D eigenvalue weighted by molar-refractivity contribution is 0.596. The number of nitrogens with two attached hydrogens (primary N) is 1. The standard InChI is InChI=1S/C18H21N5O2S/c1-12(14-7-5-4-6-8-14)21-18-15(16-10-23(3)11-20-16)9-17(13(2)22-18)26(19,24)25/h4-12H,1-3H3,(H,21,22)(H2,19,24,25)/t12-/m1/s1. The van der Waals surface area contributed by atoms with Gasteiger partial charge in [-0.15, -0.1) is 0 Å². The SMILES string of the molecule is Cc1nc(N[C@H](C)c2ccccc2)c(-c2cn(C)cn2)cc1S(N)(=O)=O. The zero-order valence-corrected chi connectivity index (χ0v) is 15.7. The van der Waals surface area contributed by atoms with Crippen LogP contribution in [0.4, 0.5) is 5.82 Å². The van der Waals surface area contributed by atoms with Crippen LogP contribution in [0.5, 0.6) is 0 Å². The minimum atomic E-state index is -3.88. The average molecular weight is 371 g/mol. The van der Waals surface area contributed by atoms with E-state index in [4.69, 9.17) is 5.14 Å². The van der Waals surface area contributed by atoms with E-state index in [9.17, 15) is 8.42 Å². The van der Waals surface area contributed by atoms with Gasteiger partial charge in [0.2, 0.25) is 10.0 Å². The van der Waals surface area contributed by atoms with E-state index in [1.54, 1.807) is 24.0 Å². The summed E-state index contributed by atoms with van der Waals surface area (Å²) in [5, 5.41) is 8.70. The summed E-state index contributed by atoms with van der Waals surface area (Å²) < 4.78 is 25.6. The number of nitrogens with zero attached hydrogens (tertiary/aromatic N) is 3. The van der Waals surface area contributed by atoms with Crippen molar-refractivity contribution in [3.63, 3.8) is 0 Å². The van der Waals surface area contributed by atoms with Gasteiger partial charge in [0.25, 0.3) is 0 Å². The first-order chi connectivity index (χ1) is 12.3. The lowest BCUT2D eigenvalue weighted by Crippen LogP contribution is -2.16. The normalized spacial score (nSPS) is 12.8. The predicted molar refractivity (Wildman–Crippen MR) is 101 cm³/mol. The Balaban J connectivity index is 2.10. The Labute approximate surface area is 153 Å². The number of imidazole rings is 1. The molecule has 3 N–H and O–H groups in total. The number of aromatic nitrogens is 3. The van der Waals surface area contributed by atoms with E-state index >= 15 is 0 Å². The van der Waals surface area contributed by atoms with E-state index in [2.05, 4.69) is 15.3 Å². The topological polar surface area (TPSA) is 103 Å². The molecule has 0 aliphatic carbocycles. The van der Waals surface area contributed by atoms with Crippen LogP contribution in [0.25, 0.3) is 11.3 Å². The van der Waals surface area contributed by atoms with Crippen LogP contribution in [0.3, 0.4) is 0 Å². The van der Waals surface area contributed by atoms with Crippen molar-refractivity contribution >= 4 is 15.8 Å². The lowest BCUT2D eigenvalue weighted by atomic mass is 10.1. The minimum Gasteiger partial charge on any atom is -0.363 e.